The lowest BCUT2D eigenvalue weighted by atomic mass is 10.1. The highest BCUT2D eigenvalue weighted by Crippen LogP contribution is 2.17. The average Bonchev–Trinajstić information content (AvgIpc) is 2.96. The molecule has 0 saturated carbocycles. The van der Waals surface area contributed by atoms with Crippen molar-refractivity contribution in [1.82, 2.24) is 5.32 Å². The highest BCUT2D eigenvalue weighted by atomic mass is 35.5. The molecule has 0 unspecified atom stereocenters. The Bertz CT molecular complexity index is 656. The van der Waals surface area contributed by atoms with Crippen LogP contribution in [0.25, 0.3) is 0 Å². The van der Waals surface area contributed by atoms with Crippen LogP contribution in [0.15, 0.2) is 35.0 Å². The fraction of sp³-hybridized carbons (Fsp3) is 0.133. The summed E-state index contributed by atoms with van der Waals surface area (Å²) in [7, 11) is 0. The standard InChI is InChI=1S/C15H12ClNO2S/c16-14-8-13(4-3-12(14)2-1-6-18)15(19)17-9-11-5-7-20-10-11/h3-5,7-8,10,18H,6,9H2,(H,17,19). The monoisotopic (exact) mass is 305 g/mol. The number of hydrogen-bond donors (Lipinski definition) is 2. The quantitative estimate of drug-likeness (QED) is 0.857. The molecule has 0 saturated heterocycles. The molecule has 2 aromatic rings. The fourth-order valence-corrected chi connectivity index (χ4v) is 2.47. The normalized spacial score (nSPS) is 9.70. The summed E-state index contributed by atoms with van der Waals surface area (Å²) >= 11 is 7.64. The molecular weight excluding hydrogens is 294 g/mol. The van der Waals surface area contributed by atoms with Gasteiger partial charge in [0.05, 0.1) is 5.02 Å². The van der Waals surface area contributed by atoms with Gasteiger partial charge in [0.25, 0.3) is 5.91 Å². The molecule has 0 atom stereocenters. The first kappa shape index (κ1) is 14.6. The molecule has 0 aliphatic carbocycles. The van der Waals surface area contributed by atoms with Crippen molar-refractivity contribution in [2.24, 2.45) is 0 Å². The van der Waals surface area contributed by atoms with Gasteiger partial charge in [-0.3, -0.25) is 4.79 Å². The van der Waals surface area contributed by atoms with E-state index in [-0.39, 0.29) is 12.5 Å². The van der Waals surface area contributed by atoms with E-state index in [1.807, 2.05) is 16.8 Å². The number of thiophene rings is 1. The van der Waals surface area contributed by atoms with Crippen LogP contribution < -0.4 is 5.32 Å². The maximum atomic E-state index is 12.0. The first-order valence-corrected chi connectivity index (χ1v) is 7.21. The molecule has 0 aliphatic heterocycles. The lowest BCUT2D eigenvalue weighted by Gasteiger charge is -2.05. The number of aliphatic hydroxyl groups is 1. The molecule has 1 aromatic carbocycles. The summed E-state index contributed by atoms with van der Waals surface area (Å²) in [4.78, 5) is 12.0. The summed E-state index contributed by atoms with van der Waals surface area (Å²) < 4.78 is 0. The van der Waals surface area contributed by atoms with Crippen molar-refractivity contribution in [1.29, 1.82) is 0 Å². The SMILES string of the molecule is O=C(NCc1ccsc1)c1ccc(C#CCO)c(Cl)c1. The maximum Gasteiger partial charge on any atom is 0.251 e. The number of nitrogens with one attached hydrogen (secondary N) is 1. The largest absolute Gasteiger partial charge is 0.384 e. The molecule has 20 heavy (non-hydrogen) atoms. The predicted octanol–water partition coefficient (Wildman–Crippen LogP) is 2.68. The van der Waals surface area contributed by atoms with Gasteiger partial charge in [-0.25, -0.2) is 0 Å². The van der Waals surface area contributed by atoms with E-state index >= 15 is 0 Å². The van der Waals surface area contributed by atoms with E-state index in [9.17, 15) is 4.79 Å². The minimum Gasteiger partial charge on any atom is -0.384 e. The van der Waals surface area contributed by atoms with E-state index in [1.54, 1.807) is 29.5 Å². The average molecular weight is 306 g/mol. The molecule has 1 aromatic heterocycles. The lowest BCUT2D eigenvalue weighted by molar-refractivity contribution is 0.0951. The van der Waals surface area contributed by atoms with Crippen LogP contribution in [0.3, 0.4) is 0 Å². The number of rotatable bonds is 3. The molecular formula is C15H12ClNO2S. The van der Waals surface area contributed by atoms with Crippen LogP contribution in [0, 0.1) is 11.8 Å². The van der Waals surface area contributed by atoms with E-state index in [1.165, 1.54) is 0 Å². The molecule has 2 N–H and O–H groups in total. The lowest BCUT2D eigenvalue weighted by Crippen LogP contribution is -2.22. The molecule has 0 bridgehead atoms. The highest BCUT2D eigenvalue weighted by Gasteiger charge is 2.07. The molecule has 1 amide bonds. The van der Waals surface area contributed by atoms with Crippen LogP contribution in [0.4, 0.5) is 0 Å². The third kappa shape index (κ3) is 3.84. The Kier molecular flexibility index (Phi) is 5.19. The van der Waals surface area contributed by atoms with E-state index in [2.05, 4.69) is 17.2 Å². The Morgan fingerprint density at radius 3 is 2.90 bits per heavy atom. The van der Waals surface area contributed by atoms with Crippen LogP contribution in [0.2, 0.25) is 5.02 Å². The second kappa shape index (κ2) is 7.11. The van der Waals surface area contributed by atoms with Gasteiger partial charge in [-0.2, -0.15) is 11.3 Å². The second-order valence-electron chi connectivity index (χ2n) is 3.97. The highest BCUT2D eigenvalue weighted by molar-refractivity contribution is 7.07. The number of benzene rings is 1. The first-order valence-electron chi connectivity index (χ1n) is 5.89. The van der Waals surface area contributed by atoms with E-state index < -0.39 is 0 Å². The molecule has 2 rings (SSSR count). The van der Waals surface area contributed by atoms with E-state index in [0.29, 0.717) is 22.7 Å². The van der Waals surface area contributed by atoms with Gasteiger partial charge in [0.15, 0.2) is 0 Å². The zero-order valence-corrected chi connectivity index (χ0v) is 12.1. The van der Waals surface area contributed by atoms with Gasteiger partial charge < -0.3 is 10.4 Å². The third-order valence-electron chi connectivity index (χ3n) is 2.57. The third-order valence-corrected chi connectivity index (χ3v) is 3.61. The van der Waals surface area contributed by atoms with Crippen LogP contribution in [-0.2, 0) is 6.54 Å². The van der Waals surface area contributed by atoms with Gasteiger partial charge in [0, 0.05) is 17.7 Å². The second-order valence-corrected chi connectivity index (χ2v) is 5.16. The van der Waals surface area contributed by atoms with Crippen molar-refractivity contribution in [2.45, 2.75) is 6.54 Å². The van der Waals surface area contributed by atoms with Gasteiger partial charge >= 0.3 is 0 Å². The number of carbonyl (C=O) groups is 1. The van der Waals surface area contributed by atoms with Gasteiger partial charge in [-0.15, -0.1) is 0 Å². The van der Waals surface area contributed by atoms with Crippen molar-refractivity contribution < 1.29 is 9.90 Å². The fourth-order valence-electron chi connectivity index (χ4n) is 1.57. The predicted molar refractivity (Wildman–Crippen MR) is 80.9 cm³/mol. The summed E-state index contributed by atoms with van der Waals surface area (Å²) in [6, 6.07) is 6.87. The smallest absolute Gasteiger partial charge is 0.251 e. The Labute approximate surface area is 126 Å². The van der Waals surface area contributed by atoms with Crippen LogP contribution >= 0.6 is 22.9 Å². The molecule has 0 fully saturated rings. The zero-order valence-electron chi connectivity index (χ0n) is 10.5. The van der Waals surface area contributed by atoms with Gasteiger partial charge in [-0.1, -0.05) is 23.4 Å². The zero-order chi connectivity index (χ0) is 14.4. The van der Waals surface area contributed by atoms with Crippen molar-refractivity contribution in [3.05, 3.63) is 56.7 Å². The molecule has 5 heteroatoms. The first-order chi connectivity index (χ1) is 9.70. The van der Waals surface area contributed by atoms with Crippen molar-refractivity contribution >= 4 is 28.8 Å². The molecule has 1 heterocycles. The van der Waals surface area contributed by atoms with Crippen molar-refractivity contribution in [2.75, 3.05) is 6.61 Å². The molecule has 0 radical (unpaired) electrons. The van der Waals surface area contributed by atoms with Crippen LogP contribution in [0.5, 0.6) is 0 Å². The minimum absolute atomic E-state index is 0.181. The van der Waals surface area contributed by atoms with E-state index in [4.69, 9.17) is 16.7 Å². The number of hydrogen-bond acceptors (Lipinski definition) is 3. The van der Waals surface area contributed by atoms with Crippen LogP contribution in [0.1, 0.15) is 21.5 Å². The minimum atomic E-state index is -0.223. The molecule has 3 nitrogen and oxygen atoms in total. The maximum absolute atomic E-state index is 12.0. The van der Waals surface area contributed by atoms with Gasteiger partial charge in [0.2, 0.25) is 0 Å². The summed E-state index contributed by atoms with van der Waals surface area (Å²) in [5, 5.41) is 15.8. The Morgan fingerprint density at radius 1 is 1.40 bits per heavy atom. The summed E-state index contributed by atoms with van der Waals surface area (Å²) in [6.07, 6.45) is 0. The number of carbonyl (C=O) groups excluding carboxylic acids is 1. The summed E-state index contributed by atoms with van der Waals surface area (Å²) in [6.45, 7) is 0.269. The number of amides is 1. The van der Waals surface area contributed by atoms with Gasteiger partial charge in [-0.05, 0) is 40.6 Å². The van der Waals surface area contributed by atoms with Gasteiger partial charge in [0.1, 0.15) is 6.61 Å². The van der Waals surface area contributed by atoms with Crippen molar-refractivity contribution in [3.8, 4) is 11.8 Å². The summed E-state index contributed by atoms with van der Waals surface area (Å²) in [5.74, 6) is 5.06. The number of aliphatic hydroxyl groups excluding tert-OH is 1. The Hall–Kier alpha value is -1.80. The number of halogens is 1. The Morgan fingerprint density at radius 2 is 2.25 bits per heavy atom. The topological polar surface area (TPSA) is 49.3 Å². The van der Waals surface area contributed by atoms with Crippen LogP contribution in [-0.4, -0.2) is 17.6 Å². The van der Waals surface area contributed by atoms with Crippen molar-refractivity contribution in [3.63, 3.8) is 0 Å². The molecule has 0 aliphatic rings. The summed E-state index contributed by atoms with van der Waals surface area (Å²) in [5.41, 5.74) is 2.15. The van der Waals surface area contributed by atoms with E-state index in [0.717, 1.165) is 5.56 Å². The molecule has 102 valence electrons. The Balaban J connectivity index is 2.05. The molecule has 0 spiro atoms.